The smallest absolute Gasteiger partial charge is 0.126 e. The van der Waals surface area contributed by atoms with E-state index >= 15 is 0 Å². The standard InChI is InChI=1S/C15H17BrO2/c16-11-6-7-12-13(17)9-14(18-15(12)8-11)10-4-2-1-3-5-10/h1-2,6-8,10,13-14,17H,3-5,9H2. The maximum atomic E-state index is 10.2. The SMILES string of the molecule is OC1CC(C2CC=CCC2)Oc2cc(Br)ccc21. The summed E-state index contributed by atoms with van der Waals surface area (Å²) in [6.45, 7) is 0. The normalized spacial score (nSPS) is 30.7. The average molecular weight is 309 g/mol. The van der Waals surface area contributed by atoms with Crippen LogP contribution in [0.1, 0.15) is 37.4 Å². The van der Waals surface area contributed by atoms with Gasteiger partial charge in [-0.25, -0.2) is 0 Å². The molecule has 1 aromatic rings. The Kier molecular flexibility index (Phi) is 3.44. The van der Waals surface area contributed by atoms with Gasteiger partial charge in [0.25, 0.3) is 0 Å². The second-order valence-electron chi connectivity index (χ2n) is 5.13. The predicted octanol–water partition coefficient (Wildman–Crippen LogP) is 3.99. The number of fused-ring (bicyclic) bond motifs is 1. The van der Waals surface area contributed by atoms with Gasteiger partial charge in [0, 0.05) is 16.5 Å². The fraction of sp³-hybridized carbons (Fsp3) is 0.467. The Morgan fingerprint density at radius 3 is 2.94 bits per heavy atom. The van der Waals surface area contributed by atoms with Gasteiger partial charge in [0.1, 0.15) is 11.9 Å². The summed E-state index contributed by atoms with van der Waals surface area (Å²) >= 11 is 3.45. The highest BCUT2D eigenvalue weighted by molar-refractivity contribution is 9.10. The minimum atomic E-state index is -0.391. The first-order chi connectivity index (χ1) is 8.74. The molecule has 3 unspecified atom stereocenters. The molecule has 0 bridgehead atoms. The van der Waals surface area contributed by atoms with E-state index < -0.39 is 6.10 Å². The fourth-order valence-corrected chi connectivity index (χ4v) is 3.23. The molecule has 0 spiro atoms. The molecule has 0 fully saturated rings. The molecule has 96 valence electrons. The number of halogens is 1. The first-order valence-electron chi connectivity index (χ1n) is 6.53. The first kappa shape index (κ1) is 12.2. The van der Waals surface area contributed by atoms with Gasteiger partial charge in [0.15, 0.2) is 0 Å². The van der Waals surface area contributed by atoms with Gasteiger partial charge in [0.2, 0.25) is 0 Å². The van der Waals surface area contributed by atoms with Gasteiger partial charge in [-0.05, 0) is 37.3 Å². The molecule has 0 saturated heterocycles. The van der Waals surface area contributed by atoms with Crippen molar-refractivity contribution >= 4 is 15.9 Å². The summed E-state index contributed by atoms with van der Waals surface area (Å²) in [5, 5.41) is 10.2. The molecule has 3 rings (SSSR count). The summed E-state index contributed by atoms with van der Waals surface area (Å²) in [6.07, 6.45) is 8.31. The van der Waals surface area contributed by atoms with Crippen molar-refractivity contribution in [3.05, 3.63) is 40.4 Å². The fourth-order valence-electron chi connectivity index (χ4n) is 2.89. The van der Waals surface area contributed by atoms with Crippen LogP contribution in [0.4, 0.5) is 0 Å². The van der Waals surface area contributed by atoms with Crippen molar-refractivity contribution in [1.29, 1.82) is 0 Å². The van der Waals surface area contributed by atoms with Crippen LogP contribution in [-0.2, 0) is 0 Å². The summed E-state index contributed by atoms with van der Waals surface area (Å²) in [4.78, 5) is 0. The predicted molar refractivity (Wildman–Crippen MR) is 74.6 cm³/mol. The molecule has 2 aliphatic rings. The van der Waals surface area contributed by atoms with E-state index in [1.807, 2.05) is 18.2 Å². The molecule has 1 aliphatic carbocycles. The molecule has 1 heterocycles. The van der Waals surface area contributed by atoms with Crippen LogP contribution >= 0.6 is 15.9 Å². The van der Waals surface area contributed by atoms with E-state index in [9.17, 15) is 5.11 Å². The highest BCUT2D eigenvalue weighted by atomic mass is 79.9. The molecule has 1 aromatic carbocycles. The molecule has 1 N–H and O–H groups in total. The number of aliphatic hydroxyl groups is 1. The number of hydrogen-bond acceptors (Lipinski definition) is 2. The lowest BCUT2D eigenvalue weighted by atomic mass is 9.84. The molecule has 3 heteroatoms. The third-order valence-electron chi connectivity index (χ3n) is 3.90. The van der Waals surface area contributed by atoms with Crippen LogP contribution in [0.25, 0.3) is 0 Å². The number of benzene rings is 1. The number of ether oxygens (including phenoxy) is 1. The largest absolute Gasteiger partial charge is 0.490 e. The molecule has 0 radical (unpaired) electrons. The zero-order valence-corrected chi connectivity index (χ0v) is 11.8. The van der Waals surface area contributed by atoms with Crippen LogP contribution in [0.15, 0.2) is 34.8 Å². The number of rotatable bonds is 1. The Labute approximate surface area is 116 Å². The summed E-state index contributed by atoms with van der Waals surface area (Å²) in [7, 11) is 0. The Balaban J connectivity index is 1.83. The molecular formula is C15H17BrO2. The van der Waals surface area contributed by atoms with Gasteiger partial charge in [-0.15, -0.1) is 0 Å². The molecule has 0 saturated carbocycles. The van der Waals surface area contributed by atoms with Crippen molar-refractivity contribution < 1.29 is 9.84 Å². The van der Waals surface area contributed by atoms with Crippen LogP contribution in [0.2, 0.25) is 0 Å². The Morgan fingerprint density at radius 2 is 2.17 bits per heavy atom. The zero-order chi connectivity index (χ0) is 12.5. The lowest BCUT2D eigenvalue weighted by molar-refractivity contribution is 0.0314. The number of aliphatic hydroxyl groups excluding tert-OH is 1. The van der Waals surface area contributed by atoms with Crippen molar-refractivity contribution in [2.75, 3.05) is 0 Å². The van der Waals surface area contributed by atoms with Crippen molar-refractivity contribution in [3.63, 3.8) is 0 Å². The number of allylic oxidation sites excluding steroid dienone is 2. The second-order valence-corrected chi connectivity index (χ2v) is 6.05. The topological polar surface area (TPSA) is 29.5 Å². The van der Waals surface area contributed by atoms with E-state index in [2.05, 4.69) is 28.1 Å². The Bertz CT molecular complexity index is 470. The average Bonchev–Trinajstić information content (AvgIpc) is 2.39. The van der Waals surface area contributed by atoms with Crippen molar-refractivity contribution in [2.24, 2.45) is 5.92 Å². The van der Waals surface area contributed by atoms with E-state index in [1.54, 1.807) is 0 Å². The molecule has 0 aromatic heterocycles. The molecular weight excluding hydrogens is 292 g/mol. The highest BCUT2D eigenvalue weighted by Gasteiger charge is 2.32. The minimum absolute atomic E-state index is 0.145. The van der Waals surface area contributed by atoms with E-state index in [0.29, 0.717) is 12.3 Å². The van der Waals surface area contributed by atoms with E-state index in [-0.39, 0.29) is 6.10 Å². The third kappa shape index (κ3) is 2.34. The van der Waals surface area contributed by atoms with Crippen molar-refractivity contribution in [3.8, 4) is 5.75 Å². The monoisotopic (exact) mass is 308 g/mol. The van der Waals surface area contributed by atoms with Crippen LogP contribution in [0, 0.1) is 5.92 Å². The van der Waals surface area contributed by atoms with Crippen LogP contribution in [0.5, 0.6) is 5.75 Å². The van der Waals surface area contributed by atoms with Gasteiger partial charge in [0.05, 0.1) is 6.10 Å². The summed E-state index contributed by atoms with van der Waals surface area (Å²) in [5.74, 6) is 1.37. The quantitative estimate of drug-likeness (QED) is 0.795. The summed E-state index contributed by atoms with van der Waals surface area (Å²) < 4.78 is 7.10. The van der Waals surface area contributed by atoms with Gasteiger partial charge in [-0.2, -0.15) is 0 Å². The maximum absolute atomic E-state index is 10.2. The second kappa shape index (κ2) is 5.06. The molecule has 2 nitrogen and oxygen atoms in total. The first-order valence-corrected chi connectivity index (χ1v) is 7.32. The zero-order valence-electron chi connectivity index (χ0n) is 10.2. The lowest BCUT2D eigenvalue weighted by Crippen LogP contribution is -2.33. The van der Waals surface area contributed by atoms with Gasteiger partial charge >= 0.3 is 0 Å². The van der Waals surface area contributed by atoms with Crippen LogP contribution in [-0.4, -0.2) is 11.2 Å². The van der Waals surface area contributed by atoms with E-state index in [0.717, 1.165) is 35.0 Å². The van der Waals surface area contributed by atoms with Crippen LogP contribution < -0.4 is 4.74 Å². The third-order valence-corrected chi connectivity index (χ3v) is 4.40. The van der Waals surface area contributed by atoms with Gasteiger partial charge < -0.3 is 9.84 Å². The van der Waals surface area contributed by atoms with Gasteiger partial charge in [-0.3, -0.25) is 0 Å². The number of hydrogen-bond donors (Lipinski definition) is 1. The maximum Gasteiger partial charge on any atom is 0.126 e. The molecule has 1 aliphatic heterocycles. The Morgan fingerprint density at radius 1 is 1.28 bits per heavy atom. The molecule has 3 atom stereocenters. The molecule has 18 heavy (non-hydrogen) atoms. The highest BCUT2D eigenvalue weighted by Crippen LogP contribution is 2.40. The summed E-state index contributed by atoms with van der Waals surface area (Å²) in [5.41, 5.74) is 0.917. The van der Waals surface area contributed by atoms with Gasteiger partial charge in [-0.1, -0.05) is 34.1 Å². The van der Waals surface area contributed by atoms with E-state index in [1.165, 1.54) is 0 Å². The summed E-state index contributed by atoms with van der Waals surface area (Å²) in [6, 6.07) is 5.86. The van der Waals surface area contributed by atoms with Crippen molar-refractivity contribution in [1.82, 2.24) is 0 Å². The lowest BCUT2D eigenvalue weighted by Gasteiger charge is -2.35. The van der Waals surface area contributed by atoms with Crippen molar-refractivity contribution in [2.45, 2.75) is 37.9 Å². The molecule has 0 amide bonds. The Hall–Kier alpha value is -0.800. The minimum Gasteiger partial charge on any atom is -0.490 e. The van der Waals surface area contributed by atoms with Crippen LogP contribution in [0.3, 0.4) is 0 Å². The van der Waals surface area contributed by atoms with E-state index in [4.69, 9.17) is 4.74 Å².